The zero-order valence-corrected chi connectivity index (χ0v) is 11.5. The molecule has 0 nitrogen and oxygen atoms in total. The van der Waals surface area contributed by atoms with Crippen molar-refractivity contribution in [3.05, 3.63) is 45.7 Å². The fourth-order valence-electron chi connectivity index (χ4n) is 1.54. The van der Waals surface area contributed by atoms with Gasteiger partial charge in [-0.25, -0.2) is 0 Å². The molecule has 2 rings (SSSR count). The van der Waals surface area contributed by atoms with Crippen molar-refractivity contribution in [2.45, 2.75) is 27.7 Å². The van der Waals surface area contributed by atoms with Crippen LogP contribution in [0.2, 0.25) is 0 Å². The number of hydrogen-bond acceptors (Lipinski definition) is 0. The molecular weight excluding hydrogens is 218 g/mol. The van der Waals surface area contributed by atoms with Crippen LogP contribution in [0.4, 0.5) is 0 Å². The van der Waals surface area contributed by atoms with Crippen molar-refractivity contribution >= 4 is 15.7 Å². The molecule has 0 spiro atoms. The molecule has 0 aliphatic heterocycles. The molecule has 0 unspecified atom stereocenters. The van der Waals surface area contributed by atoms with Crippen LogP contribution in [0.5, 0.6) is 0 Å². The lowest BCUT2D eigenvalue weighted by Gasteiger charge is -2.02. The summed E-state index contributed by atoms with van der Waals surface area (Å²) in [5.74, 6) is 7.20. The van der Waals surface area contributed by atoms with E-state index in [0.29, 0.717) is 0 Å². The Balaban J connectivity index is 2.49. The highest BCUT2D eigenvalue weighted by atomic mass is 31.1. The lowest BCUT2D eigenvalue weighted by Crippen LogP contribution is -1.74. The average Bonchev–Trinajstić information content (AvgIpc) is 2.52. The normalized spacial score (nSPS) is 11.2. The lowest BCUT2D eigenvalue weighted by atomic mass is 10.2. The minimum Gasteiger partial charge on any atom is -0.0881 e. The molecule has 15 heavy (non-hydrogen) atoms. The Bertz CT molecular complexity index is 476. The fraction of sp³-hybridized carbons (Fsp3) is 0.308. The summed E-state index contributed by atoms with van der Waals surface area (Å²) in [5.41, 5.74) is 5.77. The van der Waals surface area contributed by atoms with E-state index in [1.165, 1.54) is 30.4 Å². The van der Waals surface area contributed by atoms with E-state index in [1.807, 2.05) is 0 Å². The van der Waals surface area contributed by atoms with Crippen molar-refractivity contribution in [1.82, 2.24) is 0 Å². The molecule has 78 valence electrons. The summed E-state index contributed by atoms with van der Waals surface area (Å²) in [5, 5.41) is 1.57. The molecule has 2 heterocycles. The minimum absolute atomic E-state index is 0.128. The molecule has 0 atom stereocenters. The third kappa shape index (κ3) is 2.17. The standard InChI is InChI=1S/C13H16P2/c1-9-5-13(14-6-10(9)2)15-7-11(3)12(4)8-15/h5-8H,1-4H3. The van der Waals surface area contributed by atoms with Gasteiger partial charge in [-0.05, 0) is 73.4 Å². The van der Waals surface area contributed by atoms with Gasteiger partial charge in [-0.3, -0.25) is 0 Å². The molecule has 2 aromatic heterocycles. The molecule has 0 aliphatic rings. The van der Waals surface area contributed by atoms with Crippen LogP contribution in [0.1, 0.15) is 22.3 Å². The lowest BCUT2D eigenvalue weighted by molar-refractivity contribution is 1.38. The molecule has 0 aromatic carbocycles. The molecule has 0 saturated carbocycles. The first-order chi connectivity index (χ1) is 7.08. The SMILES string of the molecule is Cc1cpc(-p2cc(C)c(C)c2)cc1C. The number of aryl methyl sites for hydroxylation is 4. The highest BCUT2D eigenvalue weighted by molar-refractivity contribution is 7.66. The van der Waals surface area contributed by atoms with Crippen molar-refractivity contribution in [3.8, 4) is 5.04 Å². The highest BCUT2D eigenvalue weighted by Crippen LogP contribution is 2.47. The van der Waals surface area contributed by atoms with Crippen molar-refractivity contribution in [2.75, 3.05) is 0 Å². The summed E-state index contributed by atoms with van der Waals surface area (Å²) in [4.78, 5) is 0. The van der Waals surface area contributed by atoms with E-state index in [9.17, 15) is 0 Å². The largest absolute Gasteiger partial charge is 0.0881 e. The van der Waals surface area contributed by atoms with E-state index >= 15 is 0 Å². The molecule has 0 aliphatic carbocycles. The van der Waals surface area contributed by atoms with Gasteiger partial charge in [0, 0.05) is 5.04 Å². The predicted octanol–water partition coefficient (Wildman–Crippen LogP) is 5.48. The van der Waals surface area contributed by atoms with Gasteiger partial charge in [-0.2, -0.15) is 0 Å². The molecule has 0 bridgehead atoms. The Hall–Kier alpha value is -0.570. The van der Waals surface area contributed by atoms with Crippen LogP contribution in [0, 0.1) is 27.7 Å². The van der Waals surface area contributed by atoms with Gasteiger partial charge in [0.2, 0.25) is 0 Å². The van der Waals surface area contributed by atoms with Gasteiger partial charge in [0.1, 0.15) is 0 Å². The first kappa shape index (κ1) is 10.9. The Morgan fingerprint density at radius 1 is 0.867 bits per heavy atom. The molecule has 0 saturated heterocycles. The van der Waals surface area contributed by atoms with E-state index in [0.717, 1.165) is 0 Å². The van der Waals surface area contributed by atoms with Crippen LogP contribution in [0.25, 0.3) is 5.04 Å². The predicted molar refractivity (Wildman–Crippen MR) is 71.9 cm³/mol. The van der Waals surface area contributed by atoms with Crippen LogP contribution < -0.4 is 0 Å². The quantitative estimate of drug-likeness (QED) is 0.613. The van der Waals surface area contributed by atoms with Crippen LogP contribution in [-0.4, -0.2) is 0 Å². The first-order valence-electron chi connectivity index (χ1n) is 5.17. The van der Waals surface area contributed by atoms with Crippen molar-refractivity contribution in [1.29, 1.82) is 0 Å². The second-order valence-corrected chi connectivity index (χ2v) is 7.32. The summed E-state index contributed by atoms with van der Waals surface area (Å²) in [6.07, 6.45) is 0. The Morgan fingerprint density at radius 3 is 2.00 bits per heavy atom. The van der Waals surface area contributed by atoms with Crippen LogP contribution in [0.3, 0.4) is 0 Å². The van der Waals surface area contributed by atoms with Gasteiger partial charge in [-0.1, -0.05) is 15.7 Å². The van der Waals surface area contributed by atoms with E-state index < -0.39 is 0 Å². The smallest absolute Gasteiger partial charge is 0.0253 e. The van der Waals surface area contributed by atoms with Gasteiger partial charge >= 0.3 is 0 Å². The summed E-state index contributed by atoms with van der Waals surface area (Å²) in [6.45, 7) is 8.83. The maximum absolute atomic E-state index is 2.44. The van der Waals surface area contributed by atoms with Crippen molar-refractivity contribution in [3.63, 3.8) is 0 Å². The topological polar surface area (TPSA) is 0 Å². The van der Waals surface area contributed by atoms with E-state index in [1.54, 1.807) is 5.04 Å². The van der Waals surface area contributed by atoms with E-state index in [-0.39, 0.29) is 7.53 Å². The summed E-state index contributed by atoms with van der Waals surface area (Å²) in [7, 11) is 1.26. The van der Waals surface area contributed by atoms with Gasteiger partial charge in [0.25, 0.3) is 0 Å². The third-order valence-corrected chi connectivity index (χ3v) is 6.85. The highest BCUT2D eigenvalue weighted by Gasteiger charge is 2.03. The summed E-state index contributed by atoms with van der Waals surface area (Å²) < 4.78 is 0. The number of rotatable bonds is 1. The zero-order valence-electron chi connectivity index (χ0n) is 9.70. The van der Waals surface area contributed by atoms with Crippen molar-refractivity contribution in [2.24, 2.45) is 0 Å². The van der Waals surface area contributed by atoms with Gasteiger partial charge in [0.05, 0.1) is 0 Å². The first-order valence-corrected chi connectivity index (χ1v) is 7.61. The second-order valence-electron chi connectivity index (χ2n) is 4.16. The van der Waals surface area contributed by atoms with Crippen LogP contribution in [-0.2, 0) is 0 Å². The molecule has 0 fully saturated rings. The molecule has 2 aromatic rings. The average molecular weight is 234 g/mol. The van der Waals surface area contributed by atoms with Gasteiger partial charge < -0.3 is 0 Å². The molecule has 0 N–H and O–H groups in total. The van der Waals surface area contributed by atoms with Crippen molar-refractivity contribution < 1.29 is 0 Å². The monoisotopic (exact) mass is 234 g/mol. The summed E-state index contributed by atoms with van der Waals surface area (Å²) >= 11 is 0. The number of hydrogen-bond donors (Lipinski definition) is 0. The maximum Gasteiger partial charge on any atom is 0.0253 e. The maximum atomic E-state index is 2.44. The second kappa shape index (κ2) is 4.12. The minimum atomic E-state index is -0.128. The summed E-state index contributed by atoms with van der Waals surface area (Å²) in [6, 6.07) is 2.38. The molecule has 0 amide bonds. The van der Waals surface area contributed by atoms with Gasteiger partial charge in [0.15, 0.2) is 0 Å². The van der Waals surface area contributed by atoms with E-state index in [4.69, 9.17) is 0 Å². The third-order valence-electron chi connectivity index (χ3n) is 2.91. The van der Waals surface area contributed by atoms with Crippen LogP contribution in [0.15, 0.2) is 23.5 Å². The molecule has 0 radical (unpaired) electrons. The van der Waals surface area contributed by atoms with Crippen LogP contribution >= 0.6 is 15.7 Å². The Morgan fingerprint density at radius 2 is 1.47 bits per heavy atom. The van der Waals surface area contributed by atoms with Gasteiger partial charge in [-0.15, -0.1) is 0 Å². The van der Waals surface area contributed by atoms with E-state index in [2.05, 4.69) is 51.2 Å². The molecular formula is C13H16P2. The zero-order chi connectivity index (χ0) is 11.0. The Kier molecular flexibility index (Phi) is 3.01. The Labute approximate surface area is 94.5 Å². The fourth-order valence-corrected chi connectivity index (χ4v) is 5.32. The molecule has 2 heteroatoms.